The Morgan fingerprint density at radius 2 is 1.75 bits per heavy atom. The van der Waals surface area contributed by atoms with E-state index >= 15 is 0 Å². The van der Waals surface area contributed by atoms with Gasteiger partial charge in [-0.1, -0.05) is 26.0 Å². The molecule has 1 amide bonds. The van der Waals surface area contributed by atoms with Crippen molar-refractivity contribution in [1.29, 1.82) is 0 Å². The van der Waals surface area contributed by atoms with Gasteiger partial charge < -0.3 is 10.4 Å². The summed E-state index contributed by atoms with van der Waals surface area (Å²) in [6, 6.07) is 2.99. The SMILES string of the molecule is CC(C)[C@@H](NC(=O)c1ccccc1C(F)(F)F)C(=O)O. The van der Waals surface area contributed by atoms with E-state index in [0.717, 1.165) is 18.2 Å². The molecule has 7 heteroatoms. The van der Waals surface area contributed by atoms with Crippen molar-refractivity contribution in [3.63, 3.8) is 0 Å². The lowest BCUT2D eigenvalue weighted by Gasteiger charge is -2.19. The number of carbonyl (C=O) groups is 2. The Balaban J connectivity index is 3.07. The van der Waals surface area contributed by atoms with Gasteiger partial charge in [0, 0.05) is 0 Å². The highest BCUT2D eigenvalue weighted by atomic mass is 19.4. The molecule has 0 radical (unpaired) electrons. The molecular weight excluding hydrogens is 275 g/mol. The summed E-state index contributed by atoms with van der Waals surface area (Å²) < 4.78 is 38.3. The van der Waals surface area contributed by atoms with Crippen LogP contribution in [0.25, 0.3) is 0 Å². The van der Waals surface area contributed by atoms with E-state index in [1.54, 1.807) is 13.8 Å². The second kappa shape index (κ2) is 5.94. The molecule has 0 aromatic heterocycles. The number of amides is 1. The molecule has 0 unspecified atom stereocenters. The summed E-state index contributed by atoms with van der Waals surface area (Å²) in [6.45, 7) is 3.10. The third-order valence-electron chi connectivity index (χ3n) is 2.70. The van der Waals surface area contributed by atoms with Crippen LogP contribution in [-0.2, 0) is 11.0 Å². The normalized spacial score (nSPS) is 13.1. The van der Waals surface area contributed by atoms with E-state index in [2.05, 4.69) is 5.32 Å². The van der Waals surface area contributed by atoms with E-state index in [1.165, 1.54) is 6.07 Å². The van der Waals surface area contributed by atoms with Crippen molar-refractivity contribution in [3.8, 4) is 0 Å². The van der Waals surface area contributed by atoms with Crippen LogP contribution in [0.1, 0.15) is 29.8 Å². The maximum absolute atomic E-state index is 12.8. The molecule has 0 saturated carbocycles. The Hall–Kier alpha value is -2.05. The van der Waals surface area contributed by atoms with Crippen molar-refractivity contribution in [3.05, 3.63) is 35.4 Å². The van der Waals surface area contributed by atoms with E-state index in [4.69, 9.17) is 5.11 Å². The first-order chi connectivity index (χ1) is 9.14. The number of rotatable bonds is 4. The highest BCUT2D eigenvalue weighted by Gasteiger charge is 2.35. The fourth-order valence-corrected chi connectivity index (χ4v) is 1.66. The molecule has 20 heavy (non-hydrogen) atoms. The number of benzene rings is 1. The summed E-state index contributed by atoms with van der Waals surface area (Å²) in [5.41, 5.74) is -1.68. The summed E-state index contributed by atoms with van der Waals surface area (Å²) in [4.78, 5) is 22.8. The van der Waals surface area contributed by atoms with Gasteiger partial charge in [0.1, 0.15) is 6.04 Å². The quantitative estimate of drug-likeness (QED) is 0.895. The minimum absolute atomic E-state index is 0.450. The van der Waals surface area contributed by atoms with Crippen molar-refractivity contribution in [2.45, 2.75) is 26.1 Å². The van der Waals surface area contributed by atoms with Crippen LogP contribution < -0.4 is 5.32 Å². The zero-order valence-corrected chi connectivity index (χ0v) is 10.9. The van der Waals surface area contributed by atoms with Crippen LogP contribution in [0.5, 0.6) is 0 Å². The number of halogens is 3. The van der Waals surface area contributed by atoms with Crippen LogP contribution in [0.3, 0.4) is 0 Å². The van der Waals surface area contributed by atoms with Gasteiger partial charge in [0.15, 0.2) is 0 Å². The van der Waals surface area contributed by atoms with Gasteiger partial charge in [-0.15, -0.1) is 0 Å². The summed E-state index contributed by atoms with van der Waals surface area (Å²) in [5.74, 6) is -2.80. The highest BCUT2D eigenvalue weighted by Crippen LogP contribution is 2.31. The smallest absolute Gasteiger partial charge is 0.417 e. The Kier molecular flexibility index (Phi) is 4.75. The minimum atomic E-state index is -4.68. The van der Waals surface area contributed by atoms with E-state index in [9.17, 15) is 22.8 Å². The monoisotopic (exact) mass is 289 g/mol. The molecule has 4 nitrogen and oxygen atoms in total. The minimum Gasteiger partial charge on any atom is -0.480 e. The third kappa shape index (κ3) is 3.72. The average Bonchev–Trinajstić information content (AvgIpc) is 2.33. The fraction of sp³-hybridized carbons (Fsp3) is 0.385. The van der Waals surface area contributed by atoms with E-state index in [-0.39, 0.29) is 0 Å². The maximum atomic E-state index is 12.8. The topological polar surface area (TPSA) is 66.4 Å². The highest BCUT2D eigenvalue weighted by molar-refractivity contribution is 5.98. The van der Waals surface area contributed by atoms with Crippen LogP contribution in [0.4, 0.5) is 13.2 Å². The zero-order chi connectivity index (χ0) is 15.5. The number of aliphatic carboxylic acids is 1. The number of carboxylic acids is 1. The largest absolute Gasteiger partial charge is 0.480 e. The molecule has 1 aromatic carbocycles. The van der Waals surface area contributed by atoms with Crippen LogP contribution in [0, 0.1) is 5.92 Å². The number of carbonyl (C=O) groups excluding carboxylic acids is 1. The van der Waals surface area contributed by atoms with E-state index in [0.29, 0.717) is 0 Å². The molecule has 1 rings (SSSR count). The van der Waals surface area contributed by atoms with Crippen molar-refractivity contribution < 1.29 is 27.9 Å². The lowest BCUT2D eigenvalue weighted by atomic mass is 10.0. The number of carboxylic acid groups (broad SMARTS) is 1. The summed E-state index contributed by atoms with van der Waals surface area (Å²) in [5, 5.41) is 11.0. The molecule has 0 aliphatic rings. The lowest BCUT2D eigenvalue weighted by molar-refractivity contribution is -0.140. The first-order valence-corrected chi connectivity index (χ1v) is 5.84. The molecule has 110 valence electrons. The van der Waals surface area contributed by atoms with Crippen LogP contribution in [-0.4, -0.2) is 23.0 Å². The molecule has 0 saturated heterocycles. The van der Waals surface area contributed by atoms with Gasteiger partial charge in [-0.25, -0.2) is 4.79 Å². The molecule has 0 aliphatic carbocycles. The van der Waals surface area contributed by atoms with Gasteiger partial charge in [0.05, 0.1) is 11.1 Å². The first-order valence-electron chi connectivity index (χ1n) is 5.84. The molecule has 0 fully saturated rings. The van der Waals surface area contributed by atoms with Crippen molar-refractivity contribution in [1.82, 2.24) is 5.32 Å². The third-order valence-corrected chi connectivity index (χ3v) is 2.70. The Morgan fingerprint density at radius 3 is 2.20 bits per heavy atom. The van der Waals surface area contributed by atoms with Gasteiger partial charge in [0.2, 0.25) is 0 Å². The van der Waals surface area contributed by atoms with Crippen LogP contribution in [0.15, 0.2) is 24.3 Å². The standard InChI is InChI=1S/C13H14F3NO3/c1-7(2)10(12(19)20)17-11(18)8-5-3-4-6-9(8)13(14,15)16/h3-7,10H,1-2H3,(H,17,18)(H,19,20)/t10-/m1/s1. The van der Waals surface area contributed by atoms with Gasteiger partial charge in [-0.3, -0.25) is 4.79 Å². The first kappa shape index (κ1) is 16.0. The predicted molar refractivity (Wildman–Crippen MR) is 65.2 cm³/mol. The molecule has 0 aliphatic heterocycles. The van der Waals surface area contributed by atoms with Gasteiger partial charge in [0.25, 0.3) is 5.91 Å². The number of hydrogen-bond donors (Lipinski definition) is 2. The van der Waals surface area contributed by atoms with Crippen LogP contribution >= 0.6 is 0 Å². The van der Waals surface area contributed by atoms with E-state index < -0.39 is 41.1 Å². The Labute approximate surface area is 113 Å². The predicted octanol–water partition coefficient (Wildman–Crippen LogP) is 2.54. The fourth-order valence-electron chi connectivity index (χ4n) is 1.66. The molecule has 1 aromatic rings. The average molecular weight is 289 g/mol. The summed E-state index contributed by atoms with van der Waals surface area (Å²) >= 11 is 0. The summed E-state index contributed by atoms with van der Waals surface area (Å²) in [6.07, 6.45) is -4.68. The van der Waals surface area contributed by atoms with Crippen LogP contribution in [0.2, 0.25) is 0 Å². The number of hydrogen-bond acceptors (Lipinski definition) is 2. The number of alkyl halides is 3. The van der Waals surface area contributed by atoms with Crippen molar-refractivity contribution in [2.24, 2.45) is 5.92 Å². The van der Waals surface area contributed by atoms with E-state index in [1.807, 2.05) is 0 Å². The van der Waals surface area contributed by atoms with Gasteiger partial charge in [-0.05, 0) is 18.1 Å². The van der Waals surface area contributed by atoms with Crippen molar-refractivity contribution in [2.75, 3.05) is 0 Å². The second-order valence-corrected chi connectivity index (χ2v) is 4.58. The maximum Gasteiger partial charge on any atom is 0.417 e. The van der Waals surface area contributed by atoms with Crippen molar-refractivity contribution >= 4 is 11.9 Å². The van der Waals surface area contributed by atoms with Gasteiger partial charge >= 0.3 is 12.1 Å². The molecule has 0 spiro atoms. The summed E-state index contributed by atoms with van der Waals surface area (Å²) in [7, 11) is 0. The van der Waals surface area contributed by atoms with Gasteiger partial charge in [-0.2, -0.15) is 13.2 Å². The zero-order valence-electron chi connectivity index (χ0n) is 10.9. The Bertz CT molecular complexity index is 512. The molecule has 2 N–H and O–H groups in total. The number of nitrogens with one attached hydrogen (secondary N) is 1. The Morgan fingerprint density at radius 1 is 1.20 bits per heavy atom. The molecular formula is C13H14F3NO3. The lowest BCUT2D eigenvalue weighted by Crippen LogP contribution is -2.44. The second-order valence-electron chi connectivity index (χ2n) is 4.58. The molecule has 0 bridgehead atoms. The molecule has 0 heterocycles. The molecule has 1 atom stereocenters.